The van der Waals surface area contributed by atoms with Gasteiger partial charge in [-0.2, -0.15) is 0 Å². The number of nitrogens with zero attached hydrogens (tertiary/aromatic N) is 1. The zero-order valence-corrected chi connectivity index (χ0v) is 12.4. The van der Waals surface area contributed by atoms with Gasteiger partial charge in [0, 0.05) is 17.1 Å². The molecule has 1 N–H and O–H groups in total. The van der Waals surface area contributed by atoms with Crippen LogP contribution in [0.2, 0.25) is 0 Å². The first-order valence-corrected chi connectivity index (χ1v) is 6.76. The highest BCUT2D eigenvalue weighted by atomic mass is 79.9. The Labute approximate surface area is 122 Å². The van der Waals surface area contributed by atoms with Crippen molar-refractivity contribution in [1.82, 2.24) is 0 Å². The molecule has 0 aliphatic rings. The van der Waals surface area contributed by atoms with E-state index < -0.39 is 5.97 Å². The number of rotatable bonds is 6. The summed E-state index contributed by atoms with van der Waals surface area (Å²) in [6.07, 6.45) is 9.06. The van der Waals surface area contributed by atoms with Crippen LogP contribution in [0.5, 0.6) is 0 Å². The number of anilines is 1. The molecule has 0 heterocycles. The number of terminal acetylenes is 1. The highest BCUT2D eigenvalue weighted by Gasteiger charge is 2.08. The molecule has 1 aromatic rings. The summed E-state index contributed by atoms with van der Waals surface area (Å²) in [6.45, 7) is 3.53. The fourth-order valence-corrected chi connectivity index (χ4v) is 2.36. The molecule has 0 unspecified atom stereocenters. The molecule has 100 valence electrons. The summed E-state index contributed by atoms with van der Waals surface area (Å²) in [5, 5.41) is 8.60. The van der Waals surface area contributed by atoms with Gasteiger partial charge in [0.25, 0.3) is 0 Å². The Kier molecular flexibility index (Phi) is 6.17. The lowest BCUT2D eigenvalue weighted by molar-refractivity contribution is -0.131. The maximum absolute atomic E-state index is 10.5. The molecule has 0 radical (unpaired) electrons. The SMILES string of the molecule is C#CCN(CCC)c1ccc(/C=C/C(=O)O)cc1Br. The quantitative estimate of drug-likeness (QED) is 0.645. The van der Waals surface area contributed by atoms with E-state index in [1.54, 1.807) is 6.08 Å². The lowest BCUT2D eigenvalue weighted by atomic mass is 10.1. The minimum absolute atomic E-state index is 0.552. The smallest absolute Gasteiger partial charge is 0.328 e. The number of carbonyl (C=O) groups is 1. The summed E-state index contributed by atoms with van der Waals surface area (Å²) >= 11 is 3.50. The van der Waals surface area contributed by atoms with Crippen LogP contribution in [0.25, 0.3) is 6.08 Å². The Balaban J connectivity index is 2.98. The number of carboxylic acid groups (broad SMARTS) is 1. The van der Waals surface area contributed by atoms with E-state index in [1.165, 1.54) is 0 Å². The van der Waals surface area contributed by atoms with Gasteiger partial charge in [0.05, 0.1) is 12.2 Å². The predicted molar refractivity (Wildman–Crippen MR) is 82.1 cm³/mol. The van der Waals surface area contributed by atoms with Crippen molar-refractivity contribution < 1.29 is 9.90 Å². The molecular weight excluding hydrogens is 306 g/mol. The van der Waals surface area contributed by atoms with Crippen LogP contribution in [0.15, 0.2) is 28.7 Å². The van der Waals surface area contributed by atoms with Crippen molar-refractivity contribution in [1.29, 1.82) is 0 Å². The second-order valence-electron chi connectivity index (χ2n) is 4.01. The predicted octanol–water partition coefficient (Wildman–Crippen LogP) is 3.40. The Hall–Kier alpha value is -1.73. The molecule has 0 aromatic heterocycles. The van der Waals surface area contributed by atoms with Crippen LogP contribution in [0.1, 0.15) is 18.9 Å². The molecule has 3 nitrogen and oxygen atoms in total. The van der Waals surface area contributed by atoms with E-state index in [0.29, 0.717) is 6.54 Å². The highest BCUT2D eigenvalue weighted by Crippen LogP contribution is 2.28. The Morgan fingerprint density at radius 3 is 2.84 bits per heavy atom. The number of benzene rings is 1. The molecule has 0 amide bonds. The van der Waals surface area contributed by atoms with Gasteiger partial charge in [-0.05, 0) is 46.1 Å². The van der Waals surface area contributed by atoms with Crippen molar-refractivity contribution in [2.24, 2.45) is 0 Å². The lowest BCUT2D eigenvalue weighted by Crippen LogP contribution is -2.24. The van der Waals surface area contributed by atoms with E-state index in [0.717, 1.165) is 34.8 Å². The number of hydrogen-bond donors (Lipinski definition) is 1. The Morgan fingerprint density at radius 2 is 2.32 bits per heavy atom. The molecule has 19 heavy (non-hydrogen) atoms. The Morgan fingerprint density at radius 1 is 1.58 bits per heavy atom. The fourth-order valence-electron chi connectivity index (χ4n) is 1.72. The van der Waals surface area contributed by atoms with Crippen LogP contribution in [0, 0.1) is 12.3 Å². The molecule has 0 atom stereocenters. The third kappa shape index (κ3) is 4.80. The third-order valence-electron chi connectivity index (χ3n) is 2.51. The first-order chi connectivity index (χ1) is 9.08. The minimum Gasteiger partial charge on any atom is -0.478 e. The maximum Gasteiger partial charge on any atom is 0.328 e. The van der Waals surface area contributed by atoms with Gasteiger partial charge in [-0.1, -0.05) is 18.9 Å². The van der Waals surface area contributed by atoms with E-state index in [2.05, 4.69) is 33.7 Å². The molecule has 1 rings (SSSR count). The molecule has 0 saturated carbocycles. The maximum atomic E-state index is 10.5. The topological polar surface area (TPSA) is 40.5 Å². The second-order valence-corrected chi connectivity index (χ2v) is 4.86. The average Bonchev–Trinajstić information content (AvgIpc) is 2.36. The van der Waals surface area contributed by atoms with Crippen LogP contribution >= 0.6 is 15.9 Å². The van der Waals surface area contributed by atoms with Crippen molar-refractivity contribution in [2.75, 3.05) is 18.0 Å². The molecule has 0 aliphatic carbocycles. The zero-order valence-electron chi connectivity index (χ0n) is 10.8. The van der Waals surface area contributed by atoms with Gasteiger partial charge in [0.15, 0.2) is 0 Å². The van der Waals surface area contributed by atoms with Crippen LogP contribution < -0.4 is 4.90 Å². The molecular formula is C15H16BrNO2. The van der Waals surface area contributed by atoms with Gasteiger partial charge >= 0.3 is 5.97 Å². The summed E-state index contributed by atoms with van der Waals surface area (Å²) in [5.74, 6) is 1.69. The molecule has 0 bridgehead atoms. The highest BCUT2D eigenvalue weighted by molar-refractivity contribution is 9.10. The minimum atomic E-state index is -0.958. The number of aliphatic carboxylic acids is 1. The van der Waals surface area contributed by atoms with Crippen LogP contribution in [-0.4, -0.2) is 24.2 Å². The van der Waals surface area contributed by atoms with E-state index >= 15 is 0 Å². The zero-order chi connectivity index (χ0) is 14.3. The molecule has 0 aliphatic heterocycles. The van der Waals surface area contributed by atoms with Gasteiger partial charge < -0.3 is 10.0 Å². The van der Waals surface area contributed by atoms with Gasteiger partial charge in [-0.25, -0.2) is 4.79 Å². The monoisotopic (exact) mass is 321 g/mol. The second kappa shape index (κ2) is 7.65. The van der Waals surface area contributed by atoms with Crippen LogP contribution in [0.3, 0.4) is 0 Å². The van der Waals surface area contributed by atoms with E-state index in [1.807, 2.05) is 18.2 Å². The molecule has 4 heteroatoms. The fraction of sp³-hybridized carbons (Fsp3) is 0.267. The van der Waals surface area contributed by atoms with E-state index in [-0.39, 0.29) is 0 Å². The number of hydrogen-bond acceptors (Lipinski definition) is 2. The molecule has 0 spiro atoms. The van der Waals surface area contributed by atoms with Crippen molar-refractivity contribution in [2.45, 2.75) is 13.3 Å². The first-order valence-electron chi connectivity index (χ1n) is 5.97. The summed E-state index contributed by atoms with van der Waals surface area (Å²) < 4.78 is 0.906. The van der Waals surface area contributed by atoms with E-state index in [9.17, 15) is 4.79 Å². The van der Waals surface area contributed by atoms with Crippen molar-refractivity contribution >= 4 is 33.7 Å². The summed E-state index contributed by atoms with van der Waals surface area (Å²) in [7, 11) is 0. The largest absolute Gasteiger partial charge is 0.478 e. The van der Waals surface area contributed by atoms with E-state index in [4.69, 9.17) is 11.5 Å². The van der Waals surface area contributed by atoms with Crippen molar-refractivity contribution in [3.8, 4) is 12.3 Å². The first kappa shape index (κ1) is 15.3. The van der Waals surface area contributed by atoms with Gasteiger partial charge in [0.1, 0.15) is 0 Å². The number of carboxylic acids is 1. The summed E-state index contributed by atoms with van der Waals surface area (Å²) in [4.78, 5) is 12.6. The Bertz CT molecular complexity index is 517. The number of halogens is 1. The normalized spacial score (nSPS) is 10.4. The van der Waals surface area contributed by atoms with Crippen molar-refractivity contribution in [3.63, 3.8) is 0 Å². The van der Waals surface area contributed by atoms with Crippen molar-refractivity contribution in [3.05, 3.63) is 34.3 Å². The molecule has 1 aromatic carbocycles. The standard InChI is InChI=1S/C15H16BrNO2/c1-3-9-17(10-4-2)14-7-5-12(11-13(14)16)6-8-15(18)19/h1,5-8,11H,4,9-10H2,2H3,(H,18,19)/b8-6+. The van der Waals surface area contributed by atoms with Gasteiger partial charge in [0.2, 0.25) is 0 Å². The summed E-state index contributed by atoms with van der Waals surface area (Å²) in [5.41, 5.74) is 1.85. The van der Waals surface area contributed by atoms with Crippen LogP contribution in [0.4, 0.5) is 5.69 Å². The molecule has 0 fully saturated rings. The van der Waals surface area contributed by atoms with Crippen LogP contribution in [-0.2, 0) is 4.79 Å². The summed E-state index contributed by atoms with van der Waals surface area (Å²) in [6, 6.07) is 5.70. The van der Waals surface area contributed by atoms with Gasteiger partial charge in [-0.3, -0.25) is 0 Å². The lowest BCUT2D eigenvalue weighted by Gasteiger charge is -2.23. The molecule has 0 saturated heterocycles. The van der Waals surface area contributed by atoms with Gasteiger partial charge in [-0.15, -0.1) is 6.42 Å². The third-order valence-corrected chi connectivity index (χ3v) is 3.14. The average molecular weight is 322 g/mol.